The molecule has 2 heterocycles. The monoisotopic (exact) mass is 517 g/mol. The van der Waals surface area contributed by atoms with Crippen molar-refractivity contribution in [3.05, 3.63) is 65.5 Å². The molecule has 36 heavy (non-hydrogen) atoms. The van der Waals surface area contributed by atoms with E-state index in [1.807, 2.05) is 43.3 Å². The van der Waals surface area contributed by atoms with Gasteiger partial charge in [-0.25, -0.2) is 12.8 Å². The molecule has 0 aromatic heterocycles. The predicted octanol–water partition coefficient (Wildman–Crippen LogP) is 3.95. The van der Waals surface area contributed by atoms with Gasteiger partial charge in [-0.15, -0.1) is 0 Å². The molecule has 0 aliphatic carbocycles. The van der Waals surface area contributed by atoms with Gasteiger partial charge in [0.25, 0.3) is 5.91 Å². The number of halogens is 1. The average Bonchev–Trinajstić information content (AvgIpc) is 3.13. The average molecular weight is 518 g/mol. The zero-order chi connectivity index (χ0) is 25.9. The smallest absolute Gasteiger partial charge is 0.251 e. The maximum atomic E-state index is 15.3. The van der Waals surface area contributed by atoms with Crippen LogP contribution in [0.5, 0.6) is 0 Å². The predicted molar refractivity (Wildman–Crippen MR) is 139 cm³/mol. The van der Waals surface area contributed by atoms with Crippen molar-refractivity contribution in [1.29, 1.82) is 0 Å². The first kappa shape index (κ1) is 26.6. The highest BCUT2D eigenvalue weighted by atomic mass is 32.2. The van der Waals surface area contributed by atoms with Crippen LogP contribution in [0.25, 0.3) is 0 Å². The number of carbonyl (C=O) groups is 1. The third-order valence-corrected chi connectivity index (χ3v) is 9.80. The van der Waals surface area contributed by atoms with Gasteiger partial charge in [0, 0.05) is 57.1 Å². The largest absolute Gasteiger partial charge is 0.372 e. The number of benzene rings is 2. The molecule has 2 aromatic rings. The maximum Gasteiger partial charge on any atom is 0.251 e. The highest BCUT2D eigenvalue weighted by molar-refractivity contribution is 7.89. The van der Waals surface area contributed by atoms with Crippen LogP contribution in [-0.4, -0.2) is 69.0 Å². The Hall–Kier alpha value is -2.49. The second-order valence-corrected chi connectivity index (χ2v) is 11.8. The summed E-state index contributed by atoms with van der Waals surface area (Å²) in [4.78, 5) is 16.3. The summed E-state index contributed by atoms with van der Waals surface area (Å²) in [7, 11) is -2.11. The fourth-order valence-corrected chi connectivity index (χ4v) is 7.32. The minimum Gasteiger partial charge on any atom is -0.372 e. The molecule has 196 valence electrons. The number of hydrogen-bond acceptors (Lipinski definition) is 5. The maximum absolute atomic E-state index is 15.3. The molecular weight excluding hydrogens is 481 g/mol. The van der Waals surface area contributed by atoms with Crippen molar-refractivity contribution in [2.75, 3.05) is 38.2 Å². The van der Waals surface area contributed by atoms with E-state index in [0.717, 1.165) is 24.1 Å². The van der Waals surface area contributed by atoms with Gasteiger partial charge in [0.15, 0.2) is 0 Å². The van der Waals surface area contributed by atoms with E-state index >= 15 is 4.39 Å². The van der Waals surface area contributed by atoms with E-state index in [9.17, 15) is 13.2 Å². The highest BCUT2D eigenvalue weighted by Crippen LogP contribution is 2.38. The molecule has 3 unspecified atom stereocenters. The van der Waals surface area contributed by atoms with Crippen molar-refractivity contribution in [1.82, 2.24) is 9.21 Å². The Balaban J connectivity index is 1.48. The molecule has 9 heteroatoms. The third-order valence-electron chi connectivity index (χ3n) is 7.43. The lowest BCUT2D eigenvalue weighted by atomic mass is 10.0. The molecule has 2 saturated heterocycles. The van der Waals surface area contributed by atoms with Crippen LogP contribution < -0.4 is 4.90 Å². The fraction of sp³-hybridized carbons (Fsp3) is 0.519. The van der Waals surface area contributed by atoms with Crippen LogP contribution in [0.2, 0.25) is 0 Å². The van der Waals surface area contributed by atoms with Crippen LogP contribution in [0.4, 0.5) is 10.1 Å². The number of methoxy groups -OCH3 is 1. The van der Waals surface area contributed by atoms with E-state index in [1.165, 1.54) is 17.5 Å². The Labute approximate surface area is 213 Å². The summed E-state index contributed by atoms with van der Waals surface area (Å²) < 4.78 is 48.9. The van der Waals surface area contributed by atoms with E-state index in [-0.39, 0.29) is 18.5 Å². The topological polar surface area (TPSA) is 70.2 Å². The van der Waals surface area contributed by atoms with Crippen molar-refractivity contribution >= 4 is 21.6 Å². The summed E-state index contributed by atoms with van der Waals surface area (Å²) in [6, 6.07) is 14.1. The summed E-state index contributed by atoms with van der Waals surface area (Å²) >= 11 is 0. The molecule has 1 amide bonds. The summed E-state index contributed by atoms with van der Waals surface area (Å²) in [5, 5.41) is -0.610. The SMILES string of the molecule is COC(C)C(=O)N1CCCN(c2ccc(CN3C(C)CCC(c4ccccc4)S3(=O)=O)c(F)c2)CC1. The Kier molecular flexibility index (Phi) is 8.32. The van der Waals surface area contributed by atoms with Crippen molar-refractivity contribution in [3.8, 4) is 0 Å². The number of rotatable bonds is 6. The van der Waals surface area contributed by atoms with E-state index < -0.39 is 27.2 Å². The standard InChI is InChI=1S/C27H36FN3O4S/c1-20-10-13-26(22-8-5-4-6-9-22)36(33,34)31(20)19-23-11-12-24(18-25(23)28)29-14-7-15-30(17-16-29)27(32)21(2)35-3/h4-6,8-9,11-12,18,20-21,26H,7,10,13-17,19H2,1-3H3. The number of ether oxygens (including phenoxy) is 1. The fourth-order valence-electron chi connectivity index (χ4n) is 5.13. The Morgan fingerprint density at radius 3 is 2.53 bits per heavy atom. The lowest BCUT2D eigenvalue weighted by Gasteiger charge is -2.37. The molecule has 2 aliphatic heterocycles. The summed E-state index contributed by atoms with van der Waals surface area (Å²) in [5.41, 5.74) is 1.88. The summed E-state index contributed by atoms with van der Waals surface area (Å²) in [6.45, 7) is 6.12. The van der Waals surface area contributed by atoms with Gasteiger partial charge < -0.3 is 14.5 Å². The number of hydrogen-bond donors (Lipinski definition) is 0. The van der Waals surface area contributed by atoms with Gasteiger partial charge in [-0.05, 0) is 50.8 Å². The van der Waals surface area contributed by atoms with Crippen LogP contribution in [0.1, 0.15) is 49.5 Å². The highest BCUT2D eigenvalue weighted by Gasteiger charge is 2.40. The van der Waals surface area contributed by atoms with E-state index in [2.05, 4.69) is 4.90 Å². The number of carbonyl (C=O) groups excluding carboxylic acids is 1. The number of nitrogens with zero attached hydrogens (tertiary/aromatic N) is 3. The molecule has 2 aliphatic rings. The number of anilines is 1. The Morgan fingerprint density at radius 2 is 1.83 bits per heavy atom. The van der Waals surface area contributed by atoms with Crippen molar-refractivity contribution in [3.63, 3.8) is 0 Å². The van der Waals surface area contributed by atoms with Gasteiger partial charge in [0.2, 0.25) is 10.0 Å². The van der Waals surface area contributed by atoms with Crippen molar-refractivity contribution in [2.24, 2.45) is 0 Å². The van der Waals surface area contributed by atoms with E-state index in [4.69, 9.17) is 4.74 Å². The first-order valence-electron chi connectivity index (χ1n) is 12.6. The van der Waals surface area contributed by atoms with Crippen molar-refractivity contribution in [2.45, 2.75) is 57.1 Å². The molecule has 7 nitrogen and oxygen atoms in total. The van der Waals surface area contributed by atoms with Gasteiger partial charge in [-0.3, -0.25) is 4.79 Å². The van der Waals surface area contributed by atoms with Crippen molar-refractivity contribution < 1.29 is 22.3 Å². The van der Waals surface area contributed by atoms with E-state index in [0.29, 0.717) is 38.2 Å². The van der Waals surface area contributed by atoms with Gasteiger partial charge in [-0.2, -0.15) is 4.31 Å². The van der Waals surface area contributed by atoms with Gasteiger partial charge in [-0.1, -0.05) is 36.4 Å². The molecule has 3 atom stereocenters. The molecule has 2 fully saturated rings. The second kappa shape index (κ2) is 11.3. The normalized spacial score (nSPS) is 23.8. The molecule has 4 rings (SSSR count). The number of amides is 1. The van der Waals surface area contributed by atoms with Crippen LogP contribution in [-0.2, 0) is 26.1 Å². The molecule has 2 aromatic carbocycles. The summed E-state index contributed by atoms with van der Waals surface area (Å²) in [6.07, 6.45) is 1.57. The summed E-state index contributed by atoms with van der Waals surface area (Å²) in [5.74, 6) is -0.450. The molecule has 0 N–H and O–H groups in total. The zero-order valence-electron chi connectivity index (χ0n) is 21.3. The second-order valence-electron chi connectivity index (χ2n) is 9.74. The quantitative estimate of drug-likeness (QED) is 0.580. The van der Waals surface area contributed by atoms with Crippen LogP contribution >= 0.6 is 0 Å². The van der Waals surface area contributed by atoms with Crippen LogP contribution in [0, 0.1) is 5.82 Å². The van der Waals surface area contributed by atoms with Crippen LogP contribution in [0.15, 0.2) is 48.5 Å². The minimum atomic E-state index is -3.63. The molecule has 0 saturated carbocycles. The third kappa shape index (κ3) is 5.58. The van der Waals surface area contributed by atoms with Gasteiger partial charge in [0.05, 0.1) is 0 Å². The lowest BCUT2D eigenvalue weighted by Crippen LogP contribution is -2.44. The molecule has 0 spiro atoms. The lowest BCUT2D eigenvalue weighted by molar-refractivity contribution is -0.140. The van der Waals surface area contributed by atoms with Gasteiger partial charge >= 0.3 is 0 Å². The minimum absolute atomic E-state index is 0.0101. The van der Waals surface area contributed by atoms with Gasteiger partial charge in [0.1, 0.15) is 17.2 Å². The van der Waals surface area contributed by atoms with E-state index in [1.54, 1.807) is 17.9 Å². The Morgan fingerprint density at radius 1 is 1.08 bits per heavy atom. The molecule has 0 bridgehead atoms. The first-order valence-corrected chi connectivity index (χ1v) is 14.1. The zero-order valence-corrected chi connectivity index (χ0v) is 22.1. The molecule has 0 radical (unpaired) electrons. The first-order chi connectivity index (χ1) is 17.2. The number of sulfonamides is 1. The molecular formula is C27H36FN3O4S. The van der Waals surface area contributed by atoms with Crippen LogP contribution in [0.3, 0.4) is 0 Å². The Bertz CT molecular complexity index is 1160.